The third-order valence-corrected chi connectivity index (χ3v) is 3.27. The number of nitrogens with zero attached hydrogens (tertiary/aromatic N) is 2. The third-order valence-electron chi connectivity index (χ3n) is 3.27. The predicted molar refractivity (Wildman–Crippen MR) is 86.8 cm³/mol. The van der Waals surface area contributed by atoms with Crippen LogP contribution in [0.2, 0.25) is 0 Å². The Labute approximate surface area is 137 Å². The summed E-state index contributed by atoms with van der Waals surface area (Å²) in [4.78, 5) is 31.9. The maximum absolute atomic E-state index is 11.2. The van der Waals surface area contributed by atoms with E-state index in [9.17, 15) is 25.0 Å². The van der Waals surface area contributed by atoms with E-state index >= 15 is 0 Å². The maximum atomic E-state index is 11.2. The van der Waals surface area contributed by atoms with Gasteiger partial charge in [-0.1, -0.05) is 0 Å². The summed E-state index contributed by atoms with van der Waals surface area (Å²) in [6.07, 6.45) is 0.328. The lowest BCUT2D eigenvalue weighted by atomic mass is 10.1. The summed E-state index contributed by atoms with van der Waals surface area (Å²) in [5, 5.41) is 36.6. The highest BCUT2D eigenvalue weighted by Gasteiger charge is 2.26. The van der Waals surface area contributed by atoms with Gasteiger partial charge in [0.05, 0.1) is 15.9 Å². The highest BCUT2D eigenvalue weighted by Crippen LogP contribution is 2.36. The number of nitro groups is 2. The molecule has 2 atom stereocenters. The molecule has 0 fully saturated rings. The SMILES string of the molecule is C[C@H](Nc1cc(N[C@@H](C)CCO)c([N+](=O)[O-])cc1[N+](=O)[O-])C(N)=O. The number of aliphatic hydroxyl groups is 1. The van der Waals surface area contributed by atoms with Crippen molar-refractivity contribution in [1.82, 2.24) is 0 Å². The summed E-state index contributed by atoms with van der Waals surface area (Å²) in [5.41, 5.74) is 4.05. The predicted octanol–water partition coefficient (Wildman–Crippen LogP) is 0.971. The minimum absolute atomic E-state index is 0.0331. The number of hydrogen-bond donors (Lipinski definition) is 4. The molecular formula is C13H19N5O6. The Bertz CT molecular complexity index is 650. The van der Waals surface area contributed by atoms with Gasteiger partial charge < -0.3 is 21.5 Å². The van der Waals surface area contributed by atoms with E-state index in [1.165, 1.54) is 13.0 Å². The fourth-order valence-corrected chi connectivity index (χ4v) is 1.95. The number of carbonyl (C=O) groups is 1. The van der Waals surface area contributed by atoms with Gasteiger partial charge in [-0.3, -0.25) is 25.0 Å². The molecule has 24 heavy (non-hydrogen) atoms. The molecule has 0 spiro atoms. The number of nitrogens with two attached hydrogens (primary N) is 1. The average molecular weight is 341 g/mol. The van der Waals surface area contributed by atoms with Crippen LogP contribution in [0.5, 0.6) is 0 Å². The molecule has 0 unspecified atom stereocenters. The number of anilines is 2. The van der Waals surface area contributed by atoms with E-state index < -0.39 is 33.2 Å². The highest BCUT2D eigenvalue weighted by atomic mass is 16.6. The number of primary amides is 1. The van der Waals surface area contributed by atoms with Crippen molar-refractivity contribution in [3.8, 4) is 0 Å². The van der Waals surface area contributed by atoms with Crippen molar-refractivity contribution in [2.45, 2.75) is 32.4 Å². The molecule has 1 aromatic carbocycles. The minimum Gasteiger partial charge on any atom is -0.396 e. The zero-order valence-corrected chi connectivity index (χ0v) is 13.2. The standard InChI is InChI=1S/C13H19N5O6/c1-7(3-4-19)15-9-5-10(16-8(2)13(14)20)12(18(23)24)6-11(9)17(21)22/h5-8,15-16,19H,3-4H2,1-2H3,(H2,14,20)/t7-,8-/m0/s1. The first-order valence-electron chi connectivity index (χ1n) is 7.07. The normalized spacial score (nSPS) is 13.0. The zero-order chi connectivity index (χ0) is 18.4. The summed E-state index contributed by atoms with van der Waals surface area (Å²) < 4.78 is 0. The number of amides is 1. The number of nitro benzene ring substituents is 2. The van der Waals surface area contributed by atoms with E-state index in [1.54, 1.807) is 6.92 Å². The number of rotatable bonds is 9. The van der Waals surface area contributed by atoms with E-state index in [0.717, 1.165) is 6.07 Å². The number of carbonyl (C=O) groups excluding carboxylic acids is 1. The zero-order valence-electron chi connectivity index (χ0n) is 13.2. The van der Waals surface area contributed by atoms with Gasteiger partial charge in [-0.15, -0.1) is 0 Å². The molecule has 0 heterocycles. The van der Waals surface area contributed by atoms with E-state index in [-0.39, 0.29) is 24.0 Å². The Hall–Kier alpha value is -2.95. The van der Waals surface area contributed by atoms with Gasteiger partial charge >= 0.3 is 0 Å². The van der Waals surface area contributed by atoms with Crippen molar-refractivity contribution in [1.29, 1.82) is 0 Å². The summed E-state index contributed by atoms with van der Waals surface area (Å²) in [6, 6.07) is 0.776. The number of aliphatic hydroxyl groups excluding tert-OH is 1. The molecule has 0 aliphatic rings. The highest BCUT2D eigenvalue weighted by molar-refractivity contribution is 5.85. The van der Waals surface area contributed by atoms with Gasteiger partial charge in [-0.05, 0) is 26.3 Å². The quantitative estimate of drug-likeness (QED) is 0.379. The lowest BCUT2D eigenvalue weighted by Gasteiger charge is -2.17. The van der Waals surface area contributed by atoms with E-state index in [1.807, 2.05) is 0 Å². The van der Waals surface area contributed by atoms with Gasteiger partial charge in [0.1, 0.15) is 17.4 Å². The van der Waals surface area contributed by atoms with Gasteiger partial charge in [0.25, 0.3) is 11.4 Å². The Balaban J connectivity index is 3.37. The molecule has 1 rings (SSSR count). The molecule has 0 aromatic heterocycles. The van der Waals surface area contributed by atoms with E-state index in [0.29, 0.717) is 6.42 Å². The average Bonchev–Trinajstić information content (AvgIpc) is 2.46. The van der Waals surface area contributed by atoms with Crippen LogP contribution in [-0.2, 0) is 4.79 Å². The molecule has 0 aliphatic carbocycles. The van der Waals surface area contributed by atoms with Crippen LogP contribution in [0.25, 0.3) is 0 Å². The molecule has 1 aromatic rings. The lowest BCUT2D eigenvalue weighted by Crippen LogP contribution is -2.32. The Kier molecular flexibility index (Phi) is 6.41. The van der Waals surface area contributed by atoms with Crippen molar-refractivity contribution in [3.63, 3.8) is 0 Å². The Morgan fingerprint density at radius 1 is 1.17 bits per heavy atom. The van der Waals surface area contributed by atoms with Gasteiger partial charge in [-0.25, -0.2) is 0 Å². The van der Waals surface area contributed by atoms with Crippen molar-refractivity contribution in [2.24, 2.45) is 5.73 Å². The topological polar surface area (TPSA) is 174 Å². The summed E-state index contributed by atoms with van der Waals surface area (Å²) in [7, 11) is 0. The smallest absolute Gasteiger partial charge is 0.299 e. The van der Waals surface area contributed by atoms with Crippen molar-refractivity contribution in [2.75, 3.05) is 17.2 Å². The number of hydrogen-bond acceptors (Lipinski definition) is 8. The van der Waals surface area contributed by atoms with Crippen molar-refractivity contribution < 1.29 is 19.7 Å². The monoisotopic (exact) mass is 341 g/mol. The van der Waals surface area contributed by atoms with Crippen molar-refractivity contribution in [3.05, 3.63) is 32.4 Å². The molecule has 0 aliphatic heterocycles. The summed E-state index contributed by atoms with van der Waals surface area (Å²) >= 11 is 0. The van der Waals surface area contributed by atoms with Crippen LogP contribution < -0.4 is 16.4 Å². The molecule has 5 N–H and O–H groups in total. The fraction of sp³-hybridized carbons (Fsp3) is 0.462. The first kappa shape index (κ1) is 19.1. The van der Waals surface area contributed by atoms with Crippen LogP contribution in [0.3, 0.4) is 0 Å². The van der Waals surface area contributed by atoms with E-state index in [4.69, 9.17) is 10.8 Å². The van der Waals surface area contributed by atoms with Crippen LogP contribution in [-0.4, -0.2) is 39.6 Å². The summed E-state index contributed by atoms with van der Waals surface area (Å²) in [6.45, 7) is 2.98. The van der Waals surface area contributed by atoms with Gasteiger partial charge in [0.15, 0.2) is 0 Å². The molecule has 132 valence electrons. The van der Waals surface area contributed by atoms with E-state index in [2.05, 4.69) is 10.6 Å². The first-order valence-corrected chi connectivity index (χ1v) is 7.07. The summed E-state index contributed by atoms with van der Waals surface area (Å²) in [5.74, 6) is -0.731. The third kappa shape index (κ3) is 4.78. The molecule has 0 bridgehead atoms. The van der Waals surface area contributed by atoms with Gasteiger partial charge in [0, 0.05) is 12.6 Å². The largest absolute Gasteiger partial charge is 0.396 e. The maximum Gasteiger partial charge on any atom is 0.299 e. The lowest BCUT2D eigenvalue weighted by molar-refractivity contribution is -0.393. The van der Waals surface area contributed by atoms with Gasteiger partial charge in [-0.2, -0.15) is 0 Å². The van der Waals surface area contributed by atoms with Crippen LogP contribution in [0.4, 0.5) is 22.7 Å². The van der Waals surface area contributed by atoms with Crippen LogP contribution in [0, 0.1) is 20.2 Å². The second-order valence-electron chi connectivity index (χ2n) is 5.23. The van der Waals surface area contributed by atoms with Gasteiger partial charge in [0.2, 0.25) is 5.91 Å². The Morgan fingerprint density at radius 2 is 1.67 bits per heavy atom. The van der Waals surface area contributed by atoms with Crippen LogP contribution >= 0.6 is 0 Å². The molecule has 11 nitrogen and oxygen atoms in total. The first-order chi connectivity index (χ1) is 11.2. The molecular weight excluding hydrogens is 322 g/mol. The molecule has 1 amide bonds. The van der Waals surface area contributed by atoms with Crippen LogP contribution in [0.15, 0.2) is 12.1 Å². The Morgan fingerprint density at radius 3 is 2.08 bits per heavy atom. The second-order valence-corrected chi connectivity index (χ2v) is 5.23. The molecule has 0 saturated carbocycles. The van der Waals surface area contributed by atoms with Crippen molar-refractivity contribution >= 4 is 28.7 Å². The molecule has 11 heteroatoms. The fourth-order valence-electron chi connectivity index (χ4n) is 1.95. The molecule has 0 radical (unpaired) electrons. The molecule has 0 saturated heterocycles. The minimum atomic E-state index is -0.909. The number of benzene rings is 1. The second kappa shape index (κ2) is 8.06. The van der Waals surface area contributed by atoms with Crippen LogP contribution in [0.1, 0.15) is 20.3 Å². The number of nitrogens with one attached hydrogen (secondary N) is 2.